The monoisotopic (exact) mass is 952 g/mol. The Balaban J connectivity index is 0.810. The van der Waals surface area contributed by atoms with Crippen LogP contribution in [0, 0.1) is 27.7 Å². The van der Waals surface area contributed by atoms with E-state index in [0.29, 0.717) is 0 Å². The maximum Gasteiger partial charge on any atom is 0.0965 e. The lowest BCUT2D eigenvalue weighted by Crippen LogP contribution is -2.10. The number of aromatic nitrogens is 4. The van der Waals surface area contributed by atoms with Gasteiger partial charge >= 0.3 is 0 Å². The third-order valence-electron chi connectivity index (χ3n) is 14.4. The molecule has 3 heterocycles. The van der Waals surface area contributed by atoms with Gasteiger partial charge in [0.1, 0.15) is 0 Å². The van der Waals surface area contributed by atoms with E-state index >= 15 is 0 Å². The summed E-state index contributed by atoms with van der Waals surface area (Å²) in [5, 5.41) is 5.10. The molecule has 13 rings (SSSR count). The first kappa shape index (κ1) is 44.4. The van der Waals surface area contributed by atoms with E-state index < -0.39 is 0 Å². The van der Waals surface area contributed by atoms with E-state index in [-0.39, 0.29) is 0 Å². The molecule has 0 fully saturated rings. The van der Waals surface area contributed by atoms with Crippen LogP contribution in [0.25, 0.3) is 77.5 Å². The molecule has 0 saturated heterocycles. The number of aryl methyl sites for hydroxylation is 4. The second-order valence-corrected chi connectivity index (χ2v) is 19.5. The predicted octanol–water partition coefficient (Wildman–Crippen LogP) is 18.2. The van der Waals surface area contributed by atoms with Crippen molar-refractivity contribution in [1.82, 2.24) is 19.1 Å². The van der Waals surface area contributed by atoms with Crippen LogP contribution in [0.1, 0.15) is 22.3 Å². The number of hydrogen-bond donors (Lipinski definition) is 0. The van der Waals surface area contributed by atoms with Crippen LogP contribution in [0.4, 0.5) is 34.1 Å². The zero-order chi connectivity index (χ0) is 49.9. The van der Waals surface area contributed by atoms with Gasteiger partial charge in [-0.25, -0.2) is 0 Å². The molecular weight excluding hydrogens is 901 g/mol. The van der Waals surface area contributed by atoms with Crippen LogP contribution in [0.2, 0.25) is 0 Å². The Morgan fingerprint density at radius 2 is 0.554 bits per heavy atom. The maximum absolute atomic E-state index is 4.94. The van der Waals surface area contributed by atoms with Crippen LogP contribution in [-0.4, -0.2) is 19.1 Å². The summed E-state index contributed by atoms with van der Waals surface area (Å²) in [6.45, 7) is 8.66. The van der Waals surface area contributed by atoms with E-state index in [2.05, 4.69) is 277 Å². The highest BCUT2D eigenvalue weighted by atomic mass is 15.1. The zero-order valence-electron chi connectivity index (χ0n) is 41.8. The lowest BCUT2D eigenvalue weighted by atomic mass is 10.0. The summed E-state index contributed by atoms with van der Waals surface area (Å²) in [7, 11) is 0. The molecule has 0 unspecified atom stereocenters. The van der Waals surface area contributed by atoms with Gasteiger partial charge in [-0.3, -0.25) is 9.97 Å². The standard InChI is InChI=1S/C68H52N6/c1-45-15-35-63-59(41-45)60-42-46(2)16-36-64(60)73(63)57-31-27-55(28-32-57)71(51-11-7-5-8-12-51)53-23-19-49(20-24-53)67-68(70-40-39-69-67)50-21-25-54(26-22-50)72(52-13-9-6-10-14-52)56-29-33-58(34-30-56)74-65-37-17-47(3)43-61(65)62-44-48(4)18-38-66(62)74/h5-44H,1-4H3. The van der Waals surface area contributed by atoms with Gasteiger partial charge in [0.2, 0.25) is 0 Å². The molecule has 74 heavy (non-hydrogen) atoms. The van der Waals surface area contributed by atoms with Gasteiger partial charge in [0.05, 0.1) is 33.5 Å². The number of nitrogens with zero attached hydrogens (tertiary/aromatic N) is 6. The van der Waals surface area contributed by atoms with E-state index in [1.54, 1.807) is 12.4 Å². The lowest BCUT2D eigenvalue weighted by Gasteiger charge is -2.26. The molecule has 6 heteroatoms. The van der Waals surface area contributed by atoms with E-state index in [9.17, 15) is 0 Å². The van der Waals surface area contributed by atoms with Gasteiger partial charge in [-0.1, -0.05) is 107 Å². The molecule has 0 amide bonds. The highest BCUT2D eigenvalue weighted by molar-refractivity contribution is 6.11. The van der Waals surface area contributed by atoms with Gasteiger partial charge < -0.3 is 18.9 Å². The van der Waals surface area contributed by atoms with Crippen LogP contribution in [0.15, 0.2) is 243 Å². The van der Waals surface area contributed by atoms with Crippen molar-refractivity contribution in [2.75, 3.05) is 9.80 Å². The van der Waals surface area contributed by atoms with Crippen molar-refractivity contribution in [3.8, 4) is 33.9 Å². The quantitative estimate of drug-likeness (QED) is 0.137. The van der Waals surface area contributed by atoms with E-state index in [4.69, 9.17) is 9.97 Å². The van der Waals surface area contributed by atoms with Gasteiger partial charge in [-0.2, -0.15) is 0 Å². The molecule has 0 radical (unpaired) electrons. The fourth-order valence-electron chi connectivity index (χ4n) is 10.9. The second kappa shape index (κ2) is 18.3. The molecule has 0 aliphatic heterocycles. The van der Waals surface area contributed by atoms with E-state index in [1.165, 1.54) is 65.9 Å². The number of hydrogen-bond acceptors (Lipinski definition) is 4. The number of benzene rings is 10. The van der Waals surface area contributed by atoms with Crippen molar-refractivity contribution in [2.45, 2.75) is 27.7 Å². The Kier molecular flexibility index (Phi) is 11.0. The molecular formula is C68H52N6. The summed E-state index contributed by atoms with van der Waals surface area (Å²) < 4.78 is 4.77. The first-order valence-electron chi connectivity index (χ1n) is 25.3. The smallest absolute Gasteiger partial charge is 0.0965 e. The Morgan fingerprint density at radius 3 is 0.851 bits per heavy atom. The lowest BCUT2D eigenvalue weighted by molar-refractivity contribution is 1.17. The number of rotatable bonds is 10. The summed E-state index contributed by atoms with van der Waals surface area (Å²) in [6.07, 6.45) is 3.56. The third kappa shape index (κ3) is 7.85. The molecule has 3 aromatic heterocycles. The largest absolute Gasteiger partial charge is 0.311 e. The van der Waals surface area contributed by atoms with Crippen molar-refractivity contribution >= 4 is 77.7 Å². The zero-order valence-corrected chi connectivity index (χ0v) is 41.8. The fourth-order valence-corrected chi connectivity index (χ4v) is 10.9. The number of anilines is 6. The van der Waals surface area contributed by atoms with Crippen molar-refractivity contribution in [1.29, 1.82) is 0 Å². The molecule has 0 atom stereocenters. The SMILES string of the molecule is Cc1ccc2c(c1)c1cc(C)ccc1n2-c1ccc(N(c2ccccc2)c2ccc(-c3nccnc3-c3ccc(N(c4ccccc4)c4ccc(-n5c6ccc(C)cc6c6cc(C)ccc65)cc4)cc3)cc2)cc1. The molecule has 0 bridgehead atoms. The summed E-state index contributed by atoms with van der Waals surface area (Å²) in [6, 6.07) is 83.4. The average Bonchev–Trinajstić information content (AvgIpc) is 3.93. The van der Waals surface area contributed by atoms with Crippen LogP contribution in [-0.2, 0) is 0 Å². The topological polar surface area (TPSA) is 42.1 Å². The summed E-state index contributed by atoms with van der Waals surface area (Å²) in [5.41, 5.74) is 22.1. The molecule has 0 N–H and O–H groups in total. The fraction of sp³-hybridized carbons (Fsp3) is 0.0588. The Bertz CT molecular complexity index is 3800. The van der Waals surface area contributed by atoms with Crippen molar-refractivity contribution < 1.29 is 0 Å². The first-order valence-corrected chi connectivity index (χ1v) is 25.3. The van der Waals surface area contributed by atoms with Crippen LogP contribution < -0.4 is 9.80 Å². The molecule has 0 aliphatic rings. The Hall–Kier alpha value is -9.52. The summed E-state index contributed by atoms with van der Waals surface area (Å²) >= 11 is 0. The van der Waals surface area contributed by atoms with Gasteiger partial charge in [0.15, 0.2) is 0 Å². The van der Waals surface area contributed by atoms with Crippen molar-refractivity contribution in [2.24, 2.45) is 0 Å². The van der Waals surface area contributed by atoms with Crippen molar-refractivity contribution in [3.63, 3.8) is 0 Å². The Labute approximate surface area is 431 Å². The van der Waals surface area contributed by atoms with Crippen LogP contribution >= 0.6 is 0 Å². The van der Waals surface area contributed by atoms with Crippen molar-refractivity contribution in [3.05, 3.63) is 265 Å². The minimum absolute atomic E-state index is 0.824. The third-order valence-corrected chi connectivity index (χ3v) is 14.4. The average molecular weight is 953 g/mol. The predicted molar refractivity (Wildman–Crippen MR) is 310 cm³/mol. The summed E-state index contributed by atoms with van der Waals surface area (Å²) in [5.74, 6) is 0. The number of para-hydroxylation sites is 2. The van der Waals surface area contributed by atoms with Gasteiger partial charge in [0, 0.05) is 90.6 Å². The van der Waals surface area contributed by atoms with Gasteiger partial charge in [-0.05, 0) is 173 Å². The molecule has 0 saturated carbocycles. The minimum atomic E-state index is 0.824. The Morgan fingerprint density at radius 1 is 0.284 bits per heavy atom. The molecule has 6 nitrogen and oxygen atoms in total. The van der Waals surface area contributed by atoms with Gasteiger partial charge in [-0.15, -0.1) is 0 Å². The van der Waals surface area contributed by atoms with Gasteiger partial charge in [0.25, 0.3) is 0 Å². The van der Waals surface area contributed by atoms with Crippen LogP contribution in [0.5, 0.6) is 0 Å². The molecule has 10 aromatic carbocycles. The maximum atomic E-state index is 4.94. The van der Waals surface area contributed by atoms with E-state index in [0.717, 1.165) is 68.0 Å². The molecule has 0 spiro atoms. The normalized spacial score (nSPS) is 11.5. The minimum Gasteiger partial charge on any atom is -0.311 e. The molecule has 13 aromatic rings. The summed E-state index contributed by atoms with van der Waals surface area (Å²) in [4.78, 5) is 14.5. The van der Waals surface area contributed by atoms with E-state index in [1.807, 2.05) is 0 Å². The first-order chi connectivity index (χ1) is 36.3. The second-order valence-electron chi connectivity index (χ2n) is 19.5. The highest BCUT2D eigenvalue weighted by Crippen LogP contribution is 2.41. The molecule has 0 aliphatic carbocycles. The number of fused-ring (bicyclic) bond motifs is 6. The molecule has 354 valence electrons. The van der Waals surface area contributed by atoms with Crippen LogP contribution in [0.3, 0.4) is 0 Å². The highest BCUT2D eigenvalue weighted by Gasteiger charge is 2.20.